The summed E-state index contributed by atoms with van der Waals surface area (Å²) >= 11 is 6.13. The third-order valence-corrected chi connectivity index (χ3v) is 4.61. The van der Waals surface area contributed by atoms with Crippen molar-refractivity contribution in [1.29, 1.82) is 0 Å². The molecule has 0 saturated carbocycles. The van der Waals surface area contributed by atoms with Crippen LogP contribution in [0, 0.1) is 5.82 Å². The molecule has 0 aliphatic carbocycles. The van der Waals surface area contributed by atoms with Crippen molar-refractivity contribution in [2.24, 2.45) is 0 Å². The Balaban J connectivity index is 1.81. The highest BCUT2D eigenvalue weighted by molar-refractivity contribution is 6.30. The first kappa shape index (κ1) is 20.1. The summed E-state index contributed by atoms with van der Waals surface area (Å²) in [4.78, 5) is 12.3. The van der Waals surface area contributed by atoms with E-state index in [9.17, 15) is 9.18 Å². The van der Waals surface area contributed by atoms with Gasteiger partial charge in [0.15, 0.2) is 0 Å². The van der Waals surface area contributed by atoms with E-state index in [1.807, 2.05) is 24.3 Å². The number of nitrogens with one attached hydrogen (secondary N) is 1. The van der Waals surface area contributed by atoms with Gasteiger partial charge in [0.05, 0.1) is 30.0 Å². The van der Waals surface area contributed by atoms with E-state index in [1.165, 1.54) is 6.07 Å². The van der Waals surface area contributed by atoms with Crippen LogP contribution < -0.4 is 5.32 Å². The molecule has 1 amide bonds. The largest absolute Gasteiger partial charge is 0.350 e. The van der Waals surface area contributed by atoms with Gasteiger partial charge in [-0.2, -0.15) is 5.10 Å². The average Bonchev–Trinajstić information content (AvgIpc) is 3.07. The molecular formula is C22H23ClFN3O. The Morgan fingerprint density at radius 3 is 2.57 bits per heavy atom. The van der Waals surface area contributed by atoms with Crippen LogP contribution in [-0.2, 0) is 23.2 Å². The van der Waals surface area contributed by atoms with Gasteiger partial charge < -0.3 is 5.32 Å². The fourth-order valence-corrected chi connectivity index (χ4v) is 2.99. The molecule has 1 heterocycles. The maximum Gasteiger partial charge on any atom is 0.224 e. The van der Waals surface area contributed by atoms with E-state index in [4.69, 9.17) is 16.7 Å². The molecule has 3 rings (SSSR count). The summed E-state index contributed by atoms with van der Waals surface area (Å²) in [6.07, 6.45) is -0.00982. The summed E-state index contributed by atoms with van der Waals surface area (Å²) in [7, 11) is 0. The first-order chi connectivity index (χ1) is 13.2. The van der Waals surface area contributed by atoms with Crippen molar-refractivity contribution in [1.82, 2.24) is 15.1 Å². The predicted octanol–water partition coefficient (Wildman–Crippen LogP) is 4.82. The second kappa shape index (κ2) is 8.15. The number of hydrogen-bond donors (Lipinski definition) is 1. The predicted molar refractivity (Wildman–Crippen MR) is 109 cm³/mol. The highest BCUT2D eigenvalue weighted by Crippen LogP contribution is 2.24. The number of nitrogens with zero attached hydrogens (tertiary/aromatic N) is 2. The topological polar surface area (TPSA) is 46.9 Å². The van der Waals surface area contributed by atoms with Gasteiger partial charge in [-0.15, -0.1) is 0 Å². The van der Waals surface area contributed by atoms with Gasteiger partial charge in [-0.25, -0.2) is 9.07 Å². The Bertz CT molecular complexity index is 991. The fraction of sp³-hybridized carbons (Fsp3) is 0.273. The second-order valence-electron chi connectivity index (χ2n) is 7.71. The summed E-state index contributed by atoms with van der Waals surface area (Å²) in [5.74, 6) is -0.627. The molecule has 0 saturated heterocycles. The van der Waals surface area contributed by atoms with Crippen LogP contribution in [0.15, 0.2) is 54.6 Å². The van der Waals surface area contributed by atoms with Crippen LogP contribution in [0.2, 0.25) is 5.02 Å². The number of hydrogen-bond acceptors (Lipinski definition) is 2. The molecular weight excluding hydrogens is 377 g/mol. The van der Waals surface area contributed by atoms with E-state index in [1.54, 1.807) is 28.9 Å². The summed E-state index contributed by atoms with van der Waals surface area (Å²) in [5, 5.41) is 8.19. The zero-order chi connectivity index (χ0) is 20.3. The number of amides is 1. The minimum Gasteiger partial charge on any atom is -0.350 e. The van der Waals surface area contributed by atoms with E-state index in [2.05, 4.69) is 26.1 Å². The van der Waals surface area contributed by atoms with Crippen LogP contribution in [-0.4, -0.2) is 15.7 Å². The first-order valence-corrected chi connectivity index (χ1v) is 9.47. The average molecular weight is 400 g/mol. The number of carbonyl (C=O) groups is 1. The van der Waals surface area contributed by atoms with Crippen LogP contribution in [0.1, 0.15) is 37.7 Å². The van der Waals surface area contributed by atoms with Crippen molar-refractivity contribution < 1.29 is 9.18 Å². The lowest BCUT2D eigenvalue weighted by atomic mass is 9.92. The van der Waals surface area contributed by atoms with Crippen LogP contribution in [0.4, 0.5) is 4.39 Å². The Morgan fingerprint density at radius 1 is 1.14 bits per heavy atom. The number of benzene rings is 2. The van der Waals surface area contributed by atoms with Crippen molar-refractivity contribution in [2.75, 3.05) is 0 Å². The number of halogens is 2. The Morgan fingerprint density at radius 2 is 1.89 bits per heavy atom. The lowest BCUT2D eigenvalue weighted by Crippen LogP contribution is -2.26. The molecule has 0 spiro atoms. The summed E-state index contributed by atoms with van der Waals surface area (Å²) in [6.45, 7) is 6.53. The van der Waals surface area contributed by atoms with Gasteiger partial charge >= 0.3 is 0 Å². The third-order valence-electron chi connectivity index (χ3n) is 4.38. The van der Waals surface area contributed by atoms with Gasteiger partial charge in [0.1, 0.15) is 5.82 Å². The van der Waals surface area contributed by atoms with Crippen LogP contribution in [0.5, 0.6) is 0 Å². The summed E-state index contributed by atoms with van der Waals surface area (Å²) in [6, 6.07) is 15.7. The Kier molecular flexibility index (Phi) is 5.84. The lowest BCUT2D eigenvalue weighted by Gasteiger charge is -2.14. The molecule has 0 bridgehead atoms. The molecule has 28 heavy (non-hydrogen) atoms. The van der Waals surface area contributed by atoms with Gasteiger partial charge in [0.2, 0.25) is 5.91 Å². The molecule has 0 aliphatic heterocycles. The zero-order valence-corrected chi connectivity index (χ0v) is 16.9. The SMILES string of the molecule is CC(C)(C)c1cc(CNC(=O)Cc2ccccc2F)n(-c2cccc(Cl)c2)n1. The number of rotatable bonds is 5. The lowest BCUT2D eigenvalue weighted by molar-refractivity contribution is -0.120. The highest BCUT2D eigenvalue weighted by Gasteiger charge is 2.21. The number of carbonyl (C=O) groups excluding carboxylic acids is 1. The zero-order valence-electron chi connectivity index (χ0n) is 16.2. The van der Waals surface area contributed by atoms with Crippen LogP contribution in [0.3, 0.4) is 0 Å². The highest BCUT2D eigenvalue weighted by atomic mass is 35.5. The summed E-state index contributed by atoms with van der Waals surface area (Å²) < 4.78 is 15.6. The molecule has 0 fully saturated rings. The van der Waals surface area contributed by atoms with Gasteiger partial charge in [-0.05, 0) is 35.9 Å². The standard InChI is InChI=1S/C22H23ClFN3O/c1-22(2,3)20-13-18(27(26-20)17-9-6-8-16(23)12-17)14-25-21(28)11-15-7-4-5-10-19(15)24/h4-10,12-13H,11,14H2,1-3H3,(H,25,28). The van der Waals surface area contributed by atoms with Crippen molar-refractivity contribution in [3.8, 4) is 5.69 Å². The molecule has 3 aromatic rings. The molecule has 2 aromatic carbocycles. The minimum absolute atomic E-state index is 0.00982. The molecule has 6 heteroatoms. The molecule has 0 atom stereocenters. The summed E-state index contributed by atoms with van der Waals surface area (Å²) in [5.41, 5.74) is 2.79. The van der Waals surface area contributed by atoms with Crippen molar-refractivity contribution in [2.45, 2.75) is 39.2 Å². The third kappa shape index (κ3) is 4.78. The van der Waals surface area contributed by atoms with Gasteiger partial charge in [-0.1, -0.05) is 56.6 Å². The molecule has 146 valence electrons. The molecule has 4 nitrogen and oxygen atoms in total. The first-order valence-electron chi connectivity index (χ1n) is 9.09. The van der Waals surface area contributed by atoms with Crippen LogP contribution >= 0.6 is 11.6 Å². The molecule has 0 radical (unpaired) electrons. The molecule has 1 N–H and O–H groups in total. The Labute approximate surface area is 169 Å². The maximum absolute atomic E-state index is 13.8. The van der Waals surface area contributed by atoms with Crippen molar-refractivity contribution >= 4 is 17.5 Å². The van der Waals surface area contributed by atoms with E-state index >= 15 is 0 Å². The fourth-order valence-electron chi connectivity index (χ4n) is 2.81. The second-order valence-corrected chi connectivity index (χ2v) is 8.14. The molecule has 0 unspecified atom stereocenters. The van der Waals surface area contributed by atoms with Gasteiger partial charge in [0, 0.05) is 10.4 Å². The molecule has 0 aliphatic rings. The van der Waals surface area contributed by atoms with E-state index in [-0.39, 0.29) is 30.1 Å². The van der Waals surface area contributed by atoms with Gasteiger partial charge in [0.25, 0.3) is 0 Å². The van der Waals surface area contributed by atoms with Gasteiger partial charge in [-0.3, -0.25) is 4.79 Å². The monoisotopic (exact) mass is 399 g/mol. The van der Waals surface area contributed by atoms with E-state index in [0.717, 1.165) is 17.1 Å². The van der Waals surface area contributed by atoms with Crippen molar-refractivity contribution in [3.63, 3.8) is 0 Å². The van der Waals surface area contributed by atoms with E-state index in [0.29, 0.717) is 10.6 Å². The maximum atomic E-state index is 13.8. The Hall–Kier alpha value is -2.66. The number of aromatic nitrogens is 2. The van der Waals surface area contributed by atoms with E-state index < -0.39 is 0 Å². The van der Waals surface area contributed by atoms with Crippen LogP contribution in [0.25, 0.3) is 5.69 Å². The quantitative estimate of drug-likeness (QED) is 0.668. The normalized spacial score (nSPS) is 11.5. The van der Waals surface area contributed by atoms with Crippen molar-refractivity contribution in [3.05, 3.63) is 82.4 Å². The smallest absolute Gasteiger partial charge is 0.224 e. The molecule has 1 aromatic heterocycles. The minimum atomic E-state index is -0.378.